The molecule has 5 aromatic carbocycles. The van der Waals surface area contributed by atoms with Gasteiger partial charge in [-0.1, -0.05) is 81.4 Å². The van der Waals surface area contributed by atoms with Gasteiger partial charge in [0.15, 0.2) is 0 Å². The molecule has 0 aliphatic heterocycles. The first-order valence-corrected chi connectivity index (χ1v) is 13.0. The number of rotatable bonds is 5. The number of phenolic OH excluding ortho intramolecular Hbond substituents is 4. The van der Waals surface area contributed by atoms with E-state index in [0.717, 1.165) is 27.8 Å². The van der Waals surface area contributed by atoms with Crippen molar-refractivity contribution < 1.29 is 20.4 Å². The zero-order valence-electron chi connectivity index (χ0n) is 22.3. The number of benzene rings is 5. The van der Waals surface area contributed by atoms with Gasteiger partial charge >= 0.3 is 0 Å². The molecule has 4 N–H and O–H groups in total. The molecule has 0 atom stereocenters. The molecular weight excluding hydrogens is 484 g/mol. The van der Waals surface area contributed by atoms with E-state index in [4.69, 9.17) is 0 Å². The van der Waals surface area contributed by atoms with Gasteiger partial charge in [0.2, 0.25) is 0 Å². The van der Waals surface area contributed by atoms with E-state index in [0.29, 0.717) is 11.1 Å². The normalized spacial score (nSPS) is 11.6. The Bertz CT molecular complexity index is 1500. The standard InChI is InChI=1S/C35H32O4/c1-35(2,3)27-12-4-24(5-13-27)34(30-20-25(10-18-32(30)38)22-6-14-28(36)15-7-22)31-21-26(11-19-33(31)39)23-8-16-29(37)17-9-23/h4-21,34,36-39H,1-3H3. The molecule has 5 aromatic rings. The Kier molecular flexibility index (Phi) is 6.80. The molecule has 0 aliphatic rings. The minimum atomic E-state index is -0.465. The summed E-state index contributed by atoms with van der Waals surface area (Å²) >= 11 is 0. The summed E-state index contributed by atoms with van der Waals surface area (Å²) < 4.78 is 0. The summed E-state index contributed by atoms with van der Waals surface area (Å²) in [5, 5.41) is 41.8. The number of hydrogen-bond acceptors (Lipinski definition) is 4. The average Bonchev–Trinajstić information content (AvgIpc) is 2.92. The highest BCUT2D eigenvalue weighted by Gasteiger charge is 2.25. The van der Waals surface area contributed by atoms with Crippen LogP contribution in [0.2, 0.25) is 0 Å². The second-order valence-electron chi connectivity index (χ2n) is 10.9. The highest BCUT2D eigenvalue weighted by molar-refractivity contribution is 5.71. The van der Waals surface area contributed by atoms with Gasteiger partial charge in [0.1, 0.15) is 23.0 Å². The topological polar surface area (TPSA) is 80.9 Å². The van der Waals surface area contributed by atoms with Crippen LogP contribution in [0.3, 0.4) is 0 Å². The first kappa shape index (κ1) is 25.9. The van der Waals surface area contributed by atoms with Crippen molar-refractivity contribution >= 4 is 0 Å². The van der Waals surface area contributed by atoms with Gasteiger partial charge in [0.25, 0.3) is 0 Å². The maximum atomic E-state index is 11.2. The van der Waals surface area contributed by atoms with E-state index >= 15 is 0 Å². The van der Waals surface area contributed by atoms with Crippen LogP contribution in [0, 0.1) is 0 Å². The van der Waals surface area contributed by atoms with E-state index in [1.54, 1.807) is 36.4 Å². The fraction of sp³-hybridized carbons (Fsp3) is 0.143. The Morgan fingerprint density at radius 2 is 0.846 bits per heavy atom. The van der Waals surface area contributed by atoms with Gasteiger partial charge in [-0.2, -0.15) is 0 Å². The van der Waals surface area contributed by atoms with E-state index in [1.807, 2.05) is 48.5 Å². The molecule has 5 rings (SSSR count). The lowest BCUT2D eigenvalue weighted by Gasteiger charge is -2.24. The Hall–Kier alpha value is -4.70. The molecule has 0 saturated carbocycles. The number of hydrogen-bond donors (Lipinski definition) is 4. The van der Waals surface area contributed by atoms with E-state index in [2.05, 4.69) is 45.0 Å². The Morgan fingerprint density at radius 3 is 1.23 bits per heavy atom. The predicted molar refractivity (Wildman–Crippen MR) is 157 cm³/mol. The van der Waals surface area contributed by atoms with Crippen molar-refractivity contribution in [1.29, 1.82) is 0 Å². The Balaban J connectivity index is 1.70. The molecule has 0 unspecified atom stereocenters. The second kappa shape index (κ2) is 10.2. The SMILES string of the molecule is CC(C)(C)c1ccc(C(c2cc(-c3ccc(O)cc3)ccc2O)c2cc(-c3ccc(O)cc3)ccc2O)cc1. The van der Waals surface area contributed by atoms with Crippen LogP contribution in [-0.4, -0.2) is 20.4 Å². The Labute approximate surface area is 229 Å². The molecule has 0 bridgehead atoms. The van der Waals surface area contributed by atoms with Crippen molar-refractivity contribution in [2.24, 2.45) is 0 Å². The molecular formula is C35H32O4. The van der Waals surface area contributed by atoms with E-state index < -0.39 is 5.92 Å². The third-order valence-electron chi connectivity index (χ3n) is 7.19. The maximum Gasteiger partial charge on any atom is 0.119 e. The smallest absolute Gasteiger partial charge is 0.119 e. The molecule has 0 fully saturated rings. The van der Waals surface area contributed by atoms with Gasteiger partial charge in [-0.3, -0.25) is 0 Å². The van der Waals surface area contributed by atoms with E-state index in [9.17, 15) is 20.4 Å². The molecule has 196 valence electrons. The summed E-state index contributed by atoms with van der Waals surface area (Å²) in [6.07, 6.45) is 0. The summed E-state index contributed by atoms with van der Waals surface area (Å²) in [4.78, 5) is 0. The van der Waals surface area contributed by atoms with Crippen LogP contribution in [0.25, 0.3) is 22.3 Å². The number of phenols is 4. The van der Waals surface area contributed by atoms with Crippen LogP contribution in [0.15, 0.2) is 109 Å². The van der Waals surface area contributed by atoms with Crippen molar-refractivity contribution in [3.05, 3.63) is 131 Å². The van der Waals surface area contributed by atoms with Gasteiger partial charge in [0.05, 0.1) is 0 Å². The molecule has 0 radical (unpaired) electrons. The van der Waals surface area contributed by atoms with Crippen molar-refractivity contribution in [2.45, 2.75) is 32.1 Å². The maximum absolute atomic E-state index is 11.2. The lowest BCUT2D eigenvalue weighted by Crippen LogP contribution is -2.11. The van der Waals surface area contributed by atoms with Gasteiger partial charge in [-0.25, -0.2) is 0 Å². The molecule has 0 amide bonds. The van der Waals surface area contributed by atoms with E-state index in [1.165, 1.54) is 5.56 Å². The zero-order valence-corrected chi connectivity index (χ0v) is 22.3. The average molecular weight is 517 g/mol. The monoisotopic (exact) mass is 516 g/mol. The highest BCUT2D eigenvalue weighted by atomic mass is 16.3. The molecule has 0 saturated heterocycles. The fourth-order valence-electron chi connectivity index (χ4n) is 4.94. The molecule has 39 heavy (non-hydrogen) atoms. The lowest BCUT2D eigenvalue weighted by molar-refractivity contribution is 0.458. The van der Waals surface area contributed by atoms with Crippen molar-refractivity contribution in [2.75, 3.05) is 0 Å². The zero-order chi connectivity index (χ0) is 27.7. The van der Waals surface area contributed by atoms with E-state index in [-0.39, 0.29) is 28.4 Å². The minimum Gasteiger partial charge on any atom is -0.508 e. The third kappa shape index (κ3) is 5.46. The van der Waals surface area contributed by atoms with Crippen LogP contribution in [0.4, 0.5) is 0 Å². The predicted octanol–water partition coefficient (Wildman–Crippen LogP) is 8.32. The molecule has 0 aromatic heterocycles. The minimum absolute atomic E-state index is 0.0180. The quantitative estimate of drug-likeness (QED) is 0.177. The largest absolute Gasteiger partial charge is 0.508 e. The molecule has 0 spiro atoms. The lowest BCUT2D eigenvalue weighted by atomic mass is 9.80. The van der Waals surface area contributed by atoms with Gasteiger partial charge in [-0.05, 0) is 87.3 Å². The fourth-order valence-corrected chi connectivity index (χ4v) is 4.94. The Morgan fingerprint density at radius 1 is 0.462 bits per heavy atom. The van der Waals surface area contributed by atoms with Crippen molar-refractivity contribution in [1.82, 2.24) is 0 Å². The molecule has 4 nitrogen and oxygen atoms in total. The van der Waals surface area contributed by atoms with Gasteiger partial charge in [0, 0.05) is 17.0 Å². The van der Waals surface area contributed by atoms with Crippen LogP contribution in [-0.2, 0) is 5.41 Å². The first-order valence-electron chi connectivity index (χ1n) is 13.0. The first-order chi connectivity index (χ1) is 18.6. The summed E-state index contributed by atoms with van der Waals surface area (Å²) in [7, 11) is 0. The van der Waals surface area contributed by atoms with Crippen LogP contribution in [0.5, 0.6) is 23.0 Å². The van der Waals surface area contributed by atoms with Crippen LogP contribution in [0.1, 0.15) is 48.9 Å². The third-order valence-corrected chi connectivity index (χ3v) is 7.19. The summed E-state index contributed by atoms with van der Waals surface area (Å²) in [6, 6.07) is 33.1. The molecule has 0 aliphatic carbocycles. The number of aromatic hydroxyl groups is 4. The summed E-state index contributed by atoms with van der Waals surface area (Å²) in [5.41, 5.74) is 6.98. The summed E-state index contributed by atoms with van der Waals surface area (Å²) in [6.45, 7) is 6.50. The van der Waals surface area contributed by atoms with Gasteiger partial charge < -0.3 is 20.4 Å². The van der Waals surface area contributed by atoms with Crippen molar-refractivity contribution in [3.63, 3.8) is 0 Å². The second-order valence-corrected chi connectivity index (χ2v) is 10.9. The van der Waals surface area contributed by atoms with Crippen LogP contribution < -0.4 is 0 Å². The van der Waals surface area contributed by atoms with Gasteiger partial charge in [-0.15, -0.1) is 0 Å². The molecule has 4 heteroatoms. The highest BCUT2D eigenvalue weighted by Crippen LogP contribution is 2.44. The summed E-state index contributed by atoms with van der Waals surface area (Å²) in [5.74, 6) is 0.151. The van der Waals surface area contributed by atoms with Crippen LogP contribution >= 0.6 is 0 Å². The molecule has 0 heterocycles. The van der Waals surface area contributed by atoms with Crippen molar-refractivity contribution in [3.8, 4) is 45.3 Å².